The number of pyridine rings is 1. The number of phenols is 2. The van der Waals surface area contributed by atoms with Gasteiger partial charge in [0, 0.05) is 6.20 Å². The van der Waals surface area contributed by atoms with Crippen LogP contribution in [0.3, 0.4) is 0 Å². The van der Waals surface area contributed by atoms with E-state index in [4.69, 9.17) is 11.6 Å². The van der Waals surface area contributed by atoms with E-state index in [0.29, 0.717) is 16.4 Å². The predicted molar refractivity (Wildman–Crippen MR) is 75.8 cm³/mol. The lowest BCUT2D eigenvalue weighted by Crippen LogP contribution is -2.08. The van der Waals surface area contributed by atoms with Crippen molar-refractivity contribution in [2.24, 2.45) is 0 Å². The molecule has 1 atom stereocenters. The Bertz CT molecular complexity index is 582. The van der Waals surface area contributed by atoms with Crippen molar-refractivity contribution in [1.29, 1.82) is 0 Å². The number of halogens is 1. The highest BCUT2D eigenvalue weighted by Crippen LogP contribution is 2.35. The topological polar surface area (TPSA) is 65.4 Å². The summed E-state index contributed by atoms with van der Waals surface area (Å²) in [6.07, 6.45) is 1.68. The Morgan fingerprint density at radius 3 is 2.53 bits per heavy atom. The van der Waals surface area contributed by atoms with Crippen LogP contribution in [0.2, 0.25) is 5.15 Å². The quantitative estimate of drug-likeness (QED) is 0.750. The second-order valence-electron chi connectivity index (χ2n) is 4.43. The Morgan fingerprint density at radius 2 is 1.89 bits per heavy atom. The van der Waals surface area contributed by atoms with Crippen LogP contribution in [0.15, 0.2) is 30.5 Å². The van der Waals surface area contributed by atoms with Crippen molar-refractivity contribution >= 4 is 17.3 Å². The van der Waals surface area contributed by atoms with E-state index < -0.39 is 0 Å². The summed E-state index contributed by atoms with van der Waals surface area (Å²) >= 11 is 6.01. The molecule has 0 spiro atoms. The molecule has 1 aromatic heterocycles. The molecule has 1 unspecified atom stereocenters. The third-order valence-corrected chi connectivity index (χ3v) is 3.14. The van der Waals surface area contributed by atoms with Gasteiger partial charge in [0.25, 0.3) is 0 Å². The molecule has 2 rings (SSSR count). The maximum atomic E-state index is 9.82. The van der Waals surface area contributed by atoms with Crippen LogP contribution in [0.25, 0.3) is 0 Å². The summed E-state index contributed by atoms with van der Waals surface area (Å²) in [7, 11) is 0. The number of rotatable bonds is 3. The van der Waals surface area contributed by atoms with Crippen molar-refractivity contribution in [2.75, 3.05) is 5.32 Å². The maximum absolute atomic E-state index is 9.82. The second-order valence-corrected chi connectivity index (χ2v) is 4.79. The van der Waals surface area contributed by atoms with Gasteiger partial charge in [0.15, 0.2) is 5.15 Å². The number of nitrogens with zero attached hydrogens (tertiary/aromatic N) is 1. The van der Waals surface area contributed by atoms with Crippen LogP contribution < -0.4 is 5.32 Å². The van der Waals surface area contributed by atoms with Gasteiger partial charge in [-0.3, -0.25) is 0 Å². The van der Waals surface area contributed by atoms with Gasteiger partial charge < -0.3 is 15.5 Å². The number of hydrogen-bond donors (Lipinski definition) is 3. The van der Waals surface area contributed by atoms with E-state index in [2.05, 4.69) is 10.3 Å². The molecule has 0 aliphatic carbocycles. The molecule has 0 amide bonds. The van der Waals surface area contributed by atoms with Gasteiger partial charge in [-0.2, -0.15) is 0 Å². The van der Waals surface area contributed by atoms with E-state index in [9.17, 15) is 10.2 Å². The SMILES string of the molecule is Cc1cnc(Cl)c(NC(C)c2c(O)cccc2O)c1. The zero-order chi connectivity index (χ0) is 14.0. The molecule has 100 valence electrons. The van der Waals surface area contributed by atoms with Crippen molar-refractivity contribution in [2.45, 2.75) is 19.9 Å². The minimum atomic E-state index is -0.303. The van der Waals surface area contributed by atoms with Crippen LogP contribution in [0.5, 0.6) is 11.5 Å². The fraction of sp³-hybridized carbons (Fsp3) is 0.214. The van der Waals surface area contributed by atoms with Crippen LogP contribution in [-0.2, 0) is 0 Å². The minimum absolute atomic E-state index is 0.0386. The number of nitrogens with one attached hydrogen (secondary N) is 1. The minimum Gasteiger partial charge on any atom is -0.507 e. The van der Waals surface area contributed by atoms with E-state index in [1.807, 2.05) is 19.9 Å². The Balaban J connectivity index is 2.31. The van der Waals surface area contributed by atoms with Crippen molar-refractivity contribution < 1.29 is 10.2 Å². The molecule has 2 aromatic rings. The van der Waals surface area contributed by atoms with Gasteiger partial charge in [-0.05, 0) is 37.6 Å². The lowest BCUT2D eigenvalue weighted by atomic mass is 10.1. The second kappa shape index (κ2) is 5.36. The Hall–Kier alpha value is -1.94. The first-order valence-corrected chi connectivity index (χ1v) is 6.26. The maximum Gasteiger partial charge on any atom is 0.152 e. The zero-order valence-corrected chi connectivity index (χ0v) is 11.4. The third-order valence-electron chi connectivity index (χ3n) is 2.84. The molecule has 3 N–H and O–H groups in total. The zero-order valence-electron chi connectivity index (χ0n) is 10.7. The highest BCUT2D eigenvalue weighted by molar-refractivity contribution is 6.32. The number of benzene rings is 1. The van der Waals surface area contributed by atoms with Crippen LogP contribution in [-0.4, -0.2) is 15.2 Å². The first-order valence-electron chi connectivity index (χ1n) is 5.88. The normalized spacial score (nSPS) is 12.2. The third kappa shape index (κ3) is 2.90. The van der Waals surface area contributed by atoms with Crippen LogP contribution in [0.1, 0.15) is 24.1 Å². The standard InChI is InChI=1S/C14H15ClN2O2/c1-8-6-10(14(15)16-7-8)17-9(2)13-11(18)4-3-5-12(13)19/h3-7,9,17-19H,1-2H3. The lowest BCUT2D eigenvalue weighted by molar-refractivity contribution is 0.434. The summed E-state index contributed by atoms with van der Waals surface area (Å²) in [6.45, 7) is 3.74. The lowest BCUT2D eigenvalue weighted by Gasteiger charge is -2.18. The van der Waals surface area contributed by atoms with Gasteiger partial charge >= 0.3 is 0 Å². The summed E-state index contributed by atoms with van der Waals surface area (Å²) in [5.74, 6) is 0.0773. The molecule has 0 saturated heterocycles. The Labute approximate surface area is 116 Å². The molecule has 4 nitrogen and oxygen atoms in total. The number of anilines is 1. The summed E-state index contributed by atoms with van der Waals surface area (Å²) in [4.78, 5) is 4.05. The molecule has 0 fully saturated rings. The predicted octanol–water partition coefficient (Wildman–Crippen LogP) is 3.63. The number of aromatic hydroxyl groups is 2. The van der Waals surface area contributed by atoms with E-state index in [1.165, 1.54) is 12.1 Å². The molecule has 1 heterocycles. The van der Waals surface area contributed by atoms with E-state index >= 15 is 0 Å². The number of hydrogen-bond acceptors (Lipinski definition) is 4. The average Bonchev–Trinajstić information content (AvgIpc) is 2.33. The average molecular weight is 279 g/mol. The summed E-state index contributed by atoms with van der Waals surface area (Å²) < 4.78 is 0. The molecule has 1 aromatic carbocycles. The summed E-state index contributed by atoms with van der Waals surface area (Å²) in [6, 6.07) is 6.21. The van der Waals surface area contributed by atoms with E-state index in [0.717, 1.165) is 5.56 Å². The first kappa shape index (κ1) is 13.5. The van der Waals surface area contributed by atoms with Gasteiger partial charge in [-0.1, -0.05) is 17.7 Å². The first-order chi connectivity index (χ1) is 8.99. The summed E-state index contributed by atoms with van der Waals surface area (Å²) in [5, 5.41) is 23.1. The van der Waals surface area contributed by atoms with Crippen molar-refractivity contribution in [1.82, 2.24) is 4.98 Å². The smallest absolute Gasteiger partial charge is 0.152 e. The highest BCUT2D eigenvalue weighted by Gasteiger charge is 2.16. The van der Waals surface area contributed by atoms with Gasteiger partial charge in [-0.15, -0.1) is 0 Å². The number of phenolic OH excluding ortho intramolecular Hbond substituents is 2. The monoisotopic (exact) mass is 278 g/mol. The number of aromatic nitrogens is 1. The molecule has 0 aliphatic heterocycles. The molecule has 0 aliphatic rings. The van der Waals surface area contributed by atoms with Gasteiger partial charge in [-0.25, -0.2) is 4.98 Å². The molecule has 0 bridgehead atoms. The van der Waals surface area contributed by atoms with E-state index in [-0.39, 0.29) is 17.5 Å². The largest absolute Gasteiger partial charge is 0.507 e. The van der Waals surface area contributed by atoms with Crippen LogP contribution in [0.4, 0.5) is 5.69 Å². The molecular weight excluding hydrogens is 264 g/mol. The van der Waals surface area contributed by atoms with Crippen molar-refractivity contribution in [3.05, 3.63) is 46.7 Å². The van der Waals surface area contributed by atoms with Crippen molar-refractivity contribution in [3.63, 3.8) is 0 Å². The fourth-order valence-corrected chi connectivity index (χ4v) is 2.10. The van der Waals surface area contributed by atoms with Gasteiger partial charge in [0.05, 0.1) is 17.3 Å². The molecular formula is C14H15ClN2O2. The summed E-state index contributed by atoms with van der Waals surface area (Å²) in [5.41, 5.74) is 2.07. The number of aryl methyl sites for hydroxylation is 1. The van der Waals surface area contributed by atoms with E-state index in [1.54, 1.807) is 12.3 Å². The van der Waals surface area contributed by atoms with Gasteiger partial charge in [0.1, 0.15) is 11.5 Å². The molecule has 0 saturated carbocycles. The van der Waals surface area contributed by atoms with Gasteiger partial charge in [0.2, 0.25) is 0 Å². The van der Waals surface area contributed by atoms with Crippen LogP contribution in [0, 0.1) is 6.92 Å². The van der Waals surface area contributed by atoms with Crippen LogP contribution >= 0.6 is 11.6 Å². The molecule has 19 heavy (non-hydrogen) atoms. The Kier molecular flexibility index (Phi) is 3.81. The molecule has 5 heteroatoms. The molecule has 0 radical (unpaired) electrons. The Morgan fingerprint density at radius 1 is 1.26 bits per heavy atom. The van der Waals surface area contributed by atoms with Crippen molar-refractivity contribution in [3.8, 4) is 11.5 Å². The fourth-order valence-electron chi connectivity index (χ4n) is 1.94. The highest BCUT2D eigenvalue weighted by atomic mass is 35.5.